The van der Waals surface area contributed by atoms with Gasteiger partial charge >= 0.3 is 0 Å². The first-order chi connectivity index (χ1) is 10.5. The molecule has 0 aliphatic carbocycles. The lowest BCUT2D eigenvalue weighted by Crippen LogP contribution is -2.30. The summed E-state index contributed by atoms with van der Waals surface area (Å²) in [6.07, 6.45) is 0. The summed E-state index contributed by atoms with van der Waals surface area (Å²) < 4.78 is 5.28. The first-order valence-electron chi connectivity index (χ1n) is 7.05. The lowest BCUT2D eigenvalue weighted by molar-refractivity contribution is -0.163. The van der Waals surface area contributed by atoms with Gasteiger partial charge in [-0.15, -0.1) is 0 Å². The minimum atomic E-state index is -0.798. The molecule has 1 unspecified atom stereocenters. The van der Waals surface area contributed by atoms with E-state index in [1.165, 1.54) is 5.06 Å². The fourth-order valence-corrected chi connectivity index (χ4v) is 2.53. The zero-order valence-electron chi connectivity index (χ0n) is 12.9. The molecule has 5 nitrogen and oxygen atoms in total. The highest BCUT2D eigenvalue weighted by atomic mass is 16.7. The van der Waals surface area contributed by atoms with E-state index in [4.69, 9.17) is 15.3 Å². The van der Waals surface area contributed by atoms with E-state index in [0.717, 1.165) is 22.4 Å². The quantitative estimate of drug-likeness (QED) is 0.946. The van der Waals surface area contributed by atoms with E-state index in [2.05, 4.69) is 11.1 Å². The third kappa shape index (κ3) is 2.51. The summed E-state index contributed by atoms with van der Waals surface area (Å²) in [5, 5.41) is 1.48. The van der Waals surface area contributed by atoms with Crippen molar-refractivity contribution in [3.8, 4) is 16.9 Å². The molecule has 22 heavy (non-hydrogen) atoms. The second kappa shape index (κ2) is 5.35. The van der Waals surface area contributed by atoms with Crippen LogP contribution in [0.15, 0.2) is 53.5 Å². The largest absolute Gasteiger partial charge is 0.497 e. The molecule has 1 aliphatic heterocycles. The smallest absolute Gasteiger partial charge is 0.218 e. The first-order valence-corrected chi connectivity index (χ1v) is 7.05. The molecule has 2 N–H and O–H groups in total. The van der Waals surface area contributed by atoms with E-state index in [1.54, 1.807) is 14.2 Å². The van der Waals surface area contributed by atoms with E-state index in [-0.39, 0.29) is 0 Å². The molecule has 3 rings (SSSR count). The molecule has 1 aliphatic rings. The summed E-state index contributed by atoms with van der Waals surface area (Å²) >= 11 is 0. The number of guanidine groups is 1. The highest BCUT2D eigenvalue weighted by molar-refractivity contribution is 5.78. The van der Waals surface area contributed by atoms with Gasteiger partial charge < -0.3 is 10.5 Å². The summed E-state index contributed by atoms with van der Waals surface area (Å²) in [5.74, 6) is 1.20. The van der Waals surface area contributed by atoms with Gasteiger partial charge in [-0.1, -0.05) is 30.3 Å². The minimum Gasteiger partial charge on any atom is -0.497 e. The standard InChI is InChI=1S/C17H19N3O2/c1-17(19-16(18)20(2)22-17)14-8-4-6-12(10-14)13-7-5-9-15(11-13)21-3/h4-11H,1-3H3,(H2,18,19). The maximum absolute atomic E-state index is 5.81. The normalized spacial score (nSPS) is 20.9. The molecule has 1 heterocycles. The van der Waals surface area contributed by atoms with E-state index >= 15 is 0 Å². The maximum Gasteiger partial charge on any atom is 0.218 e. The van der Waals surface area contributed by atoms with E-state index < -0.39 is 5.72 Å². The number of hydrogen-bond acceptors (Lipinski definition) is 5. The predicted octanol–water partition coefficient (Wildman–Crippen LogP) is 2.73. The van der Waals surface area contributed by atoms with Crippen LogP contribution in [-0.2, 0) is 10.6 Å². The van der Waals surface area contributed by atoms with Gasteiger partial charge in [-0.3, -0.25) is 0 Å². The van der Waals surface area contributed by atoms with Gasteiger partial charge in [0, 0.05) is 12.6 Å². The zero-order chi connectivity index (χ0) is 15.7. The van der Waals surface area contributed by atoms with Gasteiger partial charge in [-0.25, -0.2) is 14.9 Å². The van der Waals surface area contributed by atoms with Crippen molar-refractivity contribution in [1.29, 1.82) is 0 Å². The van der Waals surface area contributed by atoms with Gasteiger partial charge in [0.25, 0.3) is 0 Å². The Morgan fingerprint density at radius 3 is 2.45 bits per heavy atom. The van der Waals surface area contributed by atoms with Crippen LogP contribution in [0.4, 0.5) is 0 Å². The summed E-state index contributed by atoms with van der Waals surface area (Å²) in [4.78, 5) is 10.2. The average molecular weight is 297 g/mol. The van der Waals surface area contributed by atoms with Crippen molar-refractivity contribution in [2.75, 3.05) is 14.2 Å². The number of aliphatic imine (C=N–C) groups is 1. The van der Waals surface area contributed by atoms with Crippen LogP contribution in [0.25, 0.3) is 11.1 Å². The van der Waals surface area contributed by atoms with Gasteiger partial charge in [0.2, 0.25) is 11.7 Å². The van der Waals surface area contributed by atoms with Gasteiger partial charge in [0.15, 0.2) is 0 Å². The highest BCUT2D eigenvalue weighted by Gasteiger charge is 2.36. The lowest BCUT2D eigenvalue weighted by Gasteiger charge is -2.22. The minimum absolute atomic E-state index is 0.370. The SMILES string of the molecule is COc1cccc(-c2cccc(C3(C)N=C(N)N(C)O3)c2)c1. The number of nitrogens with two attached hydrogens (primary N) is 1. The molecular weight excluding hydrogens is 278 g/mol. The Morgan fingerprint density at radius 2 is 1.82 bits per heavy atom. The summed E-state index contributed by atoms with van der Waals surface area (Å²) in [5.41, 5.74) is 8.11. The molecule has 1 atom stereocenters. The van der Waals surface area contributed by atoms with Crippen molar-refractivity contribution in [1.82, 2.24) is 5.06 Å². The molecular formula is C17H19N3O2. The number of nitrogens with zero attached hydrogens (tertiary/aromatic N) is 2. The highest BCUT2D eigenvalue weighted by Crippen LogP contribution is 2.34. The lowest BCUT2D eigenvalue weighted by atomic mass is 9.98. The van der Waals surface area contributed by atoms with Crippen molar-refractivity contribution in [2.24, 2.45) is 10.7 Å². The molecule has 0 saturated heterocycles. The Balaban J connectivity index is 2.00. The molecule has 0 amide bonds. The maximum atomic E-state index is 5.81. The van der Waals surface area contributed by atoms with Crippen molar-refractivity contribution in [3.63, 3.8) is 0 Å². The Hall–Kier alpha value is -2.53. The Bertz CT molecular complexity index is 729. The van der Waals surface area contributed by atoms with Gasteiger partial charge in [-0.2, -0.15) is 0 Å². The number of ether oxygens (including phenoxy) is 1. The number of hydroxylamine groups is 2. The van der Waals surface area contributed by atoms with Crippen LogP contribution in [0.3, 0.4) is 0 Å². The topological polar surface area (TPSA) is 60.1 Å². The van der Waals surface area contributed by atoms with Gasteiger partial charge in [0.1, 0.15) is 5.75 Å². The van der Waals surface area contributed by atoms with Crippen LogP contribution in [0, 0.1) is 0 Å². The molecule has 0 spiro atoms. The Morgan fingerprint density at radius 1 is 1.14 bits per heavy atom. The molecule has 0 fully saturated rings. The zero-order valence-corrected chi connectivity index (χ0v) is 12.9. The van der Waals surface area contributed by atoms with Crippen molar-refractivity contribution < 1.29 is 9.57 Å². The number of benzene rings is 2. The number of methoxy groups -OCH3 is 1. The van der Waals surface area contributed by atoms with Crippen LogP contribution >= 0.6 is 0 Å². The molecule has 114 valence electrons. The second-order valence-corrected chi connectivity index (χ2v) is 5.35. The second-order valence-electron chi connectivity index (χ2n) is 5.35. The van der Waals surface area contributed by atoms with Crippen molar-refractivity contribution in [3.05, 3.63) is 54.1 Å². The van der Waals surface area contributed by atoms with Crippen LogP contribution in [-0.4, -0.2) is 25.2 Å². The molecule has 0 aromatic heterocycles. The average Bonchev–Trinajstić information content (AvgIpc) is 2.81. The summed E-state index contributed by atoms with van der Waals surface area (Å²) in [7, 11) is 3.41. The molecule has 0 saturated carbocycles. The summed E-state index contributed by atoms with van der Waals surface area (Å²) in [6, 6.07) is 16.0. The molecule has 2 aromatic carbocycles. The Kier molecular flexibility index (Phi) is 3.50. The third-order valence-corrected chi connectivity index (χ3v) is 3.77. The molecule has 2 aromatic rings. The van der Waals surface area contributed by atoms with E-state index in [0.29, 0.717) is 5.96 Å². The van der Waals surface area contributed by atoms with Crippen molar-refractivity contribution in [2.45, 2.75) is 12.6 Å². The Labute approximate surface area is 129 Å². The van der Waals surface area contributed by atoms with E-state index in [1.807, 2.05) is 49.4 Å². The van der Waals surface area contributed by atoms with Crippen LogP contribution in [0.2, 0.25) is 0 Å². The van der Waals surface area contributed by atoms with Crippen molar-refractivity contribution >= 4 is 5.96 Å². The molecule has 0 bridgehead atoms. The number of hydrogen-bond donors (Lipinski definition) is 1. The predicted molar refractivity (Wildman–Crippen MR) is 86.3 cm³/mol. The number of rotatable bonds is 3. The first kappa shape index (κ1) is 14.4. The monoisotopic (exact) mass is 297 g/mol. The fraction of sp³-hybridized carbons (Fsp3) is 0.235. The van der Waals surface area contributed by atoms with Crippen LogP contribution in [0.1, 0.15) is 12.5 Å². The summed E-state index contributed by atoms with van der Waals surface area (Å²) in [6.45, 7) is 1.90. The van der Waals surface area contributed by atoms with E-state index in [9.17, 15) is 0 Å². The van der Waals surface area contributed by atoms with Crippen LogP contribution in [0.5, 0.6) is 5.75 Å². The molecule has 5 heteroatoms. The molecule has 0 radical (unpaired) electrons. The van der Waals surface area contributed by atoms with Gasteiger partial charge in [-0.05, 0) is 36.2 Å². The third-order valence-electron chi connectivity index (χ3n) is 3.77. The van der Waals surface area contributed by atoms with Gasteiger partial charge in [0.05, 0.1) is 7.11 Å². The van der Waals surface area contributed by atoms with Crippen LogP contribution < -0.4 is 10.5 Å². The fourth-order valence-electron chi connectivity index (χ4n) is 2.53.